The maximum Gasteiger partial charge on any atom is 0.263 e. The van der Waals surface area contributed by atoms with Gasteiger partial charge < -0.3 is 25.6 Å². The van der Waals surface area contributed by atoms with Gasteiger partial charge in [0.05, 0.1) is 23.5 Å². The van der Waals surface area contributed by atoms with Crippen molar-refractivity contribution in [3.63, 3.8) is 0 Å². The minimum Gasteiger partial charge on any atom is -0.384 e. The largest absolute Gasteiger partial charge is 0.384 e. The number of thiazole rings is 1. The fourth-order valence-corrected chi connectivity index (χ4v) is 6.06. The number of aromatic nitrogens is 3. The normalized spacial score (nSPS) is 23.3. The lowest BCUT2D eigenvalue weighted by atomic mass is 10.0. The molecule has 4 heterocycles. The zero-order chi connectivity index (χ0) is 24.7. The van der Waals surface area contributed by atoms with Gasteiger partial charge in [-0.3, -0.25) is 9.59 Å². The molecule has 9 nitrogen and oxygen atoms in total. The molecule has 2 unspecified atom stereocenters. The second-order valence-electron chi connectivity index (χ2n) is 9.60. The number of alkyl halides is 1. The number of hydrogen-bond acceptors (Lipinski definition) is 7. The smallest absolute Gasteiger partial charge is 0.263 e. The third-order valence-corrected chi connectivity index (χ3v) is 7.95. The van der Waals surface area contributed by atoms with Crippen molar-refractivity contribution < 1.29 is 19.1 Å². The van der Waals surface area contributed by atoms with Crippen molar-refractivity contribution in [2.75, 3.05) is 25.1 Å². The molecule has 186 valence electrons. The predicted octanol–water partition coefficient (Wildman–Crippen LogP) is 2.80. The van der Waals surface area contributed by atoms with Crippen LogP contribution in [0.4, 0.5) is 10.1 Å². The first-order valence-corrected chi connectivity index (χ1v) is 12.7. The average Bonchev–Trinajstić information content (AvgIpc) is 3.61. The number of pyridine rings is 1. The highest BCUT2D eigenvalue weighted by Gasteiger charge is 2.43. The average molecular weight is 501 g/mol. The molecule has 2 fully saturated rings. The Morgan fingerprint density at radius 1 is 1.26 bits per heavy atom. The highest BCUT2D eigenvalue weighted by molar-refractivity contribution is 7.17. The summed E-state index contributed by atoms with van der Waals surface area (Å²) in [5.41, 5.74) is 2.48. The Balaban J connectivity index is 1.36. The number of likely N-dealkylation sites (tertiary alicyclic amines) is 1. The van der Waals surface area contributed by atoms with E-state index in [1.807, 2.05) is 12.3 Å². The molecule has 35 heavy (non-hydrogen) atoms. The van der Waals surface area contributed by atoms with Crippen LogP contribution >= 0.6 is 11.3 Å². The maximum absolute atomic E-state index is 12.8. The second-order valence-corrected chi connectivity index (χ2v) is 10.6. The highest BCUT2D eigenvalue weighted by atomic mass is 32.1. The van der Waals surface area contributed by atoms with Gasteiger partial charge in [-0.1, -0.05) is 0 Å². The van der Waals surface area contributed by atoms with Crippen LogP contribution in [0.5, 0.6) is 0 Å². The quantitative estimate of drug-likeness (QED) is 0.396. The van der Waals surface area contributed by atoms with Gasteiger partial charge in [-0.2, -0.15) is 0 Å². The molecule has 0 aromatic carbocycles. The summed E-state index contributed by atoms with van der Waals surface area (Å²) >= 11 is 1.25. The van der Waals surface area contributed by atoms with Crippen molar-refractivity contribution in [3.8, 4) is 10.6 Å². The molecule has 2 amide bonds. The number of carbonyl (C=O) groups excluding carboxylic acids is 2. The van der Waals surface area contributed by atoms with Gasteiger partial charge in [0.15, 0.2) is 0 Å². The summed E-state index contributed by atoms with van der Waals surface area (Å²) in [5, 5.41) is 17.6. The van der Waals surface area contributed by atoms with Gasteiger partial charge in [0.2, 0.25) is 0 Å². The number of halogens is 1. The summed E-state index contributed by atoms with van der Waals surface area (Å²) < 4.78 is 12.8. The van der Waals surface area contributed by atoms with E-state index in [0.717, 1.165) is 35.1 Å². The Morgan fingerprint density at radius 2 is 2.00 bits per heavy atom. The van der Waals surface area contributed by atoms with E-state index in [2.05, 4.69) is 25.6 Å². The summed E-state index contributed by atoms with van der Waals surface area (Å²) in [7, 11) is 0. The predicted molar refractivity (Wildman–Crippen MR) is 132 cm³/mol. The first-order valence-electron chi connectivity index (χ1n) is 11.9. The number of H-pyrrole nitrogens is 1. The van der Waals surface area contributed by atoms with E-state index in [-0.39, 0.29) is 17.9 Å². The van der Waals surface area contributed by atoms with Gasteiger partial charge in [0.1, 0.15) is 28.3 Å². The van der Waals surface area contributed by atoms with Gasteiger partial charge in [0.25, 0.3) is 11.8 Å². The number of aromatic amines is 1. The van der Waals surface area contributed by atoms with Gasteiger partial charge in [0, 0.05) is 36.9 Å². The van der Waals surface area contributed by atoms with Crippen molar-refractivity contribution in [1.29, 1.82) is 0 Å². The lowest BCUT2D eigenvalue weighted by Crippen LogP contribution is -2.37. The molecule has 1 saturated heterocycles. The molecule has 3 aromatic heterocycles. The van der Waals surface area contributed by atoms with Gasteiger partial charge in [-0.25, -0.2) is 14.4 Å². The molecule has 1 aliphatic heterocycles. The van der Waals surface area contributed by atoms with Crippen LogP contribution in [0.15, 0.2) is 24.7 Å². The van der Waals surface area contributed by atoms with E-state index >= 15 is 0 Å². The topological polar surface area (TPSA) is 123 Å². The third kappa shape index (κ3) is 4.62. The number of hydrogen-bond donors (Lipinski definition) is 4. The Hall–Kier alpha value is -3.05. The van der Waals surface area contributed by atoms with E-state index in [1.165, 1.54) is 24.5 Å². The second kappa shape index (κ2) is 9.54. The van der Waals surface area contributed by atoms with E-state index in [4.69, 9.17) is 0 Å². The van der Waals surface area contributed by atoms with Crippen molar-refractivity contribution in [1.82, 2.24) is 25.2 Å². The maximum atomic E-state index is 12.8. The van der Waals surface area contributed by atoms with E-state index < -0.39 is 18.8 Å². The van der Waals surface area contributed by atoms with Crippen molar-refractivity contribution in [2.45, 2.75) is 44.9 Å². The van der Waals surface area contributed by atoms with Gasteiger partial charge in [-0.15, -0.1) is 11.3 Å². The van der Waals surface area contributed by atoms with E-state index in [0.29, 0.717) is 34.8 Å². The van der Waals surface area contributed by atoms with Crippen LogP contribution < -0.4 is 10.6 Å². The van der Waals surface area contributed by atoms with E-state index in [1.54, 1.807) is 18.0 Å². The molecule has 0 spiro atoms. The molecule has 3 aromatic rings. The fourth-order valence-electron chi connectivity index (χ4n) is 5.23. The van der Waals surface area contributed by atoms with Gasteiger partial charge in [-0.05, 0) is 44.6 Å². The molecule has 1 saturated carbocycles. The fraction of sp³-hybridized carbons (Fsp3) is 0.500. The molecule has 11 heteroatoms. The number of anilines is 1. The minimum absolute atomic E-state index is 0.195. The number of nitrogens with zero attached hydrogens (tertiary/aromatic N) is 3. The zero-order valence-electron chi connectivity index (χ0n) is 19.6. The molecule has 2 aliphatic rings. The van der Waals surface area contributed by atoms with Crippen LogP contribution in [0.2, 0.25) is 0 Å². The van der Waals surface area contributed by atoms with Crippen molar-refractivity contribution in [3.05, 3.63) is 29.5 Å². The number of fused-ring (bicyclic) bond motifs is 2. The summed E-state index contributed by atoms with van der Waals surface area (Å²) in [5.74, 6) is 0.257. The van der Waals surface area contributed by atoms with Crippen LogP contribution in [-0.4, -0.2) is 74.7 Å². The molecule has 4 N–H and O–H groups in total. The van der Waals surface area contributed by atoms with Crippen molar-refractivity contribution in [2.24, 2.45) is 11.8 Å². The number of nitrogens with one attached hydrogen (secondary N) is 3. The number of aliphatic hydroxyl groups excluding tert-OH is 1. The Labute approximate surface area is 206 Å². The zero-order valence-corrected chi connectivity index (χ0v) is 20.4. The minimum atomic E-state index is -0.963. The molecule has 0 bridgehead atoms. The van der Waals surface area contributed by atoms with Crippen LogP contribution in [0, 0.1) is 11.8 Å². The third-order valence-electron chi connectivity index (χ3n) is 6.92. The van der Waals surface area contributed by atoms with Crippen LogP contribution in [0.25, 0.3) is 21.6 Å². The van der Waals surface area contributed by atoms with Crippen LogP contribution in [-0.2, 0) is 4.79 Å². The summed E-state index contributed by atoms with van der Waals surface area (Å²) in [6, 6.07) is 1.63. The Bertz CT molecular complexity index is 1230. The lowest BCUT2D eigenvalue weighted by molar-refractivity contribution is -0.138. The number of aliphatic hydroxyl groups is 1. The molecular formula is C24H29FN6O3S. The van der Waals surface area contributed by atoms with Crippen LogP contribution in [0.3, 0.4) is 0 Å². The van der Waals surface area contributed by atoms with E-state index in [9.17, 15) is 19.1 Å². The van der Waals surface area contributed by atoms with Crippen LogP contribution in [0.1, 0.15) is 36.4 Å². The SMILES string of the molecule is CC(CF)NC(=O)c1cnc(-c2cnc3[nH]ccc3c2NC2C[C@@H]3CN(C(=O)[C@H](C)O)C[C@@H]3C2)s1. The first kappa shape index (κ1) is 23.7. The summed E-state index contributed by atoms with van der Waals surface area (Å²) in [6.45, 7) is 3.86. The lowest BCUT2D eigenvalue weighted by Gasteiger charge is -2.22. The molecule has 1 aliphatic carbocycles. The highest BCUT2D eigenvalue weighted by Crippen LogP contribution is 2.42. The number of amides is 2. The Morgan fingerprint density at radius 3 is 2.69 bits per heavy atom. The first-order chi connectivity index (χ1) is 16.8. The summed E-state index contributed by atoms with van der Waals surface area (Å²) in [6.07, 6.45) is 6.00. The van der Waals surface area contributed by atoms with Crippen molar-refractivity contribution >= 4 is 39.9 Å². The molecule has 0 radical (unpaired) electrons. The Kier molecular flexibility index (Phi) is 6.45. The number of carbonyl (C=O) groups is 2. The monoisotopic (exact) mass is 500 g/mol. The number of rotatable bonds is 7. The molecule has 5 rings (SSSR count). The molecular weight excluding hydrogens is 471 g/mol. The van der Waals surface area contributed by atoms with Gasteiger partial charge >= 0.3 is 0 Å². The summed E-state index contributed by atoms with van der Waals surface area (Å²) in [4.78, 5) is 39.0. The molecule has 5 atom stereocenters. The standard InChI is InChI=1S/C24H29FN6O3S/c1-12(7-25)29-22(33)19-9-28-23(35-19)18-8-27-21-17(3-4-26-21)20(18)30-16-5-14-10-31(11-15(14)6-16)24(34)13(2)32/h3-4,8-9,12-16,32H,5-7,10-11H2,1-2H3,(H,29,33)(H2,26,27,30)/t12?,13-,14-,15+,16?/m0/s1.